The highest BCUT2D eigenvalue weighted by Gasteiger charge is 2.05. The van der Waals surface area contributed by atoms with E-state index >= 15 is 0 Å². The van der Waals surface area contributed by atoms with Gasteiger partial charge >= 0.3 is 0 Å². The van der Waals surface area contributed by atoms with Gasteiger partial charge in [0, 0.05) is 11.8 Å². The number of nitrogens with zero attached hydrogens (tertiary/aromatic N) is 1. The second kappa shape index (κ2) is 4.02. The van der Waals surface area contributed by atoms with Gasteiger partial charge in [0.1, 0.15) is 5.52 Å². The molecule has 0 aliphatic rings. The quantitative estimate of drug-likeness (QED) is 0.786. The van der Waals surface area contributed by atoms with Crippen LogP contribution in [0, 0.1) is 0 Å². The molecule has 1 aromatic carbocycles. The second-order valence-corrected chi connectivity index (χ2v) is 4.21. The summed E-state index contributed by atoms with van der Waals surface area (Å²) in [6, 6.07) is 7.90. The Morgan fingerprint density at radius 2 is 2.29 bits per heavy atom. The van der Waals surface area contributed by atoms with E-state index in [0.29, 0.717) is 5.22 Å². The number of aromatic nitrogens is 1. The minimum absolute atomic E-state index is 0.162. The van der Waals surface area contributed by atoms with Crippen LogP contribution in [0.5, 0.6) is 0 Å². The number of benzene rings is 1. The summed E-state index contributed by atoms with van der Waals surface area (Å²) in [4.78, 5) is 4.33. The van der Waals surface area contributed by atoms with Crippen LogP contribution in [0.25, 0.3) is 11.1 Å². The maximum Gasteiger partial charge on any atom is 0.256 e. The van der Waals surface area contributed by atoms with Gasteiger partial charge < -0.3 is 10.2 Å². The van der Waals surface area contributed by atoms with Crippen LogP contribution in [0.1, 0.15) is 6.92 Å². The fourth-order valence-electron chi connectivity index (χ4n) is 1.12. The molecule has 2 aromatic rings. The van der Waals surface area contributed by atoms with Crippen molar-refractivity contribution >= 4 is 22.9 Å². The van der Waals surface area contributed by atoms with Crippen molar-refractivity contribution in [3.63, 3.8) is 0 Å². The molecular formula is C10H12N2OS. The third-order valence-corrected chi connectivity index (χ3v) is 2.86. The molecule has 0 aliphatic heterocycles. The Kier molecular flexibility index (Phi) is 2.74. The van der Waals surface area contributed by atoms with Gasteiger partial charge in [-0.3, -0.25) is 0 Å². The molecule has 4 heteroatoms. The Labute approximate surface area is 86.7 Å². The third-order valence-electron chi connectivity index (χ3n) is 1.74. The molecule has 0 unspecified atom stereocenters. The number of rotatable bonds is 3. The zero-order chi connectivity index (χ0) is 9.97. The predicted molar refractivity (Wildman–Crippen MR) is 58.4 cm³/mol. The number of hydrogen-bond acceptors (Lipinski definition) is 4. The number of thioether (sulfide) groups is 1. The predicted octanol–water partition coefficient (Wildman–Crippen LogP) is 2.27. The molecule has 2 N–H and O–H groups in total. The molecule has 0 aliphatic carbocycles. The summed E-state index contributed by atoms with van der Waals surface area (Å²) in [5.41, 5.74) is 7.38. The molecular weight excluding hydrogens is 196 g/mol. The molecule has 1 heterocycles. The normalized spacial score (nSPS) is 13.3. The van der Waals surface area contributed by atoms with Crippen molar-refractivity contribution < 1.29 is 4.42 Å². The Bertz CT molecular complexity index is 392. The highest BCUT2D eigenvalue weighted by Crippen LogP contribution is 2.23. The highest BCUT2D eigenvalue weighted by atomic mass is 32.2. The number of para-hydroxylation sites is 2. The summed E-state index contributed by atoms with van der Waals surface area (Å²) < 4.78 is 5.51. The number of oxazole rings is 1. The van der Waals surface area contributed by atoms with E-state index in [0.717, 1.165) is 16.9 Å². The van der Waals surface area contributed by atoms with E-state index in [2.05, 4.69) is 4.98 Å². The summed E-state index contributed by atoms with van der Waals surface area (Å²) in [5, 5.41) is 0.698. The van der Waals surface area contributed by atoms with Crippen molar-refractivity contribution in [2.24, 2.45) is 5.73 Å². The maximum absolute atomic E-state index is 5.64. The van der Waals surface area contributed by atoms with Gasteiger partial charge in [0.05, 0.1) is 0 Å². The van der Waals surface area contributed by atoms with Crippen LogP contribution in [-0.2, 0) is 0 Å². The molecule has 0 saturated carbocycles. The van der Waals surface area contributed by atoms with Crippen molar-refractivity contribution in [2.75, 3.05) is 5.75 Å². The van der Waals surface area contributed by atoms with Gasteiger partial charge in [-0.05, 0) is 19.1 Å². The average molecular weight is 208 g/mol. The topological polar surface area (TPSA) is 52.0 Å². The molecule has 2 rings (SSSR count). The maximum atomic E-state index is 5.64. The summed E-state index contributed by atoms with van der Waals surface area (Å²) in [6.45, 7) is 1.97. The third kappa shape index (κ3) is 2.08. The lowest BCUT2D eigenvalue weighted by molar-refractivity contribution is 0.489. The molecule has 1 atom stereocenters. The number of hydrogen-bond donors (Lipinski definition) is 1. The SMILES string of the molecule is C[C@@H](N)CSc1nc2ccccc2o1. The second-order valence-electron chi connectivity index (χ2n) is 3.24. The Hall–Kier alpha value is -1.00. The standard InChI is InChI=1S/C10H12N2OS/c1-7(11)6-14-10-12-8-4-2-3-5-9(8)13-10/h2-5,7H,6,11H2,1H3/t7-/m1/s1. The van der Waals surface area contributed by atoms with E-state index in [4.69, 9.17) is 10.2 Å². The van der Waals surface area contributed by atoms with Gasteiger partial charge in [-0.1, -0.05) is 23.9 Å². The molecule has 0 saturated heterocycles. The fourth-order valence-corrected chi connectivity index (χ4v) is 1.83. The van der Waals surface area contributed by atoms with Crippen LogP contribution in [0.2, 0.25) is 0 Å². The average Bonchev–Trinajstić information content (AvgIpc) is 2.57. The number of nitrogens with two attached hydrogens (primary N) is 1. The zero-order valence-electron chi connectivity index (χ0n) is 7.93. The first-order valence-electron chi connectivity index (χ1n) is 4.49. The van der Waals surface area contributed by atoms with E-state index in [9.17, 15) is 0 Å². The lowest BCUT2D eigenvalue weighted by Gasteiger charge is -1.99. The summed E-state index contributed by atoms with van der Waals surface area (Å²) in [6.07, 6.45) is 0. The lowest BCUT2D eigenvalue weighted by Crippen LogP contribution is -2.17. The Balaban J connectivity index is 2.19. The van der Waals surface area contributed by atoms with Crippen molar-refractivity contribution in [3.8, 4) is 0 Å². The Morgan fingerprint density at radius 1 is 1.50 bits per heavy atom. The lowest BCUT2D eigenvalue weighted by atomic mass is 10.3. The Morgan fingerprint density at radius 3 is 3.00 bits per heavy atom. The van der Waals surface area contributed by atoms with Crippen LogP contribution >= 0.6 is 11.8 Å². The van der Waals surface area contributed by atoms with Crippen LogP contribution in [-0.4, -0.2) is 16.8 Å². The smallest absolute Gasteiger partial charge is 0.256 e. The zero-order valence-corrected chi connectivity index (χ0v) is 8.75. The minimum atomic E-state index is 0.162. The van der Waals surface area contributed by atoms with Crippen LogP contribution in [0.4, 0.5) is 0 Å². The van der Waals surface area contributed by atoms with E-state index in [1.54, 1.807) is 11.8 Å². The van der Waals surface area contributed by atoms with E-state index in [-0.39, 0.29) is 6.04 Å². The van der Waals surface area contributed by atoms with Crippen molar-refractivity contribution in [1.82, 2.24) is 4.98 Å². The molecule has 74 valence electrons. The van der Waals surface area contributed by atoms with Crippen molar-refractivity contribution in [1.29, 1.82) is 0 Å². The molecule has 3 nitrogen and oxygen atoms in total. The molecule has 0 amide bonds. The fraction of sp³-hybridized carbons (Fsp3) is 0.300. The van der Waals surface area contributed by atoms with Gasteiger partial charge in [0.25, 0.3) is 5.22 Å². The molecule has 1 aromatic heterocycles. The van der Waals surface area contributed by atoms with Crippen molar-refractivity contribution in [3.05, 3.63) is 24.3 Å². The van der Waals surface area contributed by atoms with E-state index < -0.39 is 0 Å². The van der Waals surface area contributed by atoms with Crippen LogP contribution in [0.3, 0.4) is 0 Å². The van der Waals surface area contributed by atoms with Crippen LogP contribution in [0.15, 0.2) is 33.9 Å². The summed E-state index contributed by atoms with van der Waals surface area (Å²) >= 11 is 1.55. The van der Waals surface area contributed by atoms with Gasteiger partial charge in [0.2, 0.25) is 0 Å². The van der Waals surface area contributed by atoms with E-state index in [1.165, 1.54) is 0 Å². The summed E-state index contributed by atoms with van der Waals surface area (Å²) in [5.74, 6) is 0.826. The molecule has 0 radical (unpaired) electrons. The monoisotopic (exact) mass is 208 g/mol. The van der Waals surface area contributed by atoms with Gasteiger partial charge in [-0.2, -0.15) is 0 Å². The molecule has 14 heavy (non-hydrogen) atoms. The largest absolute Gasteiger partial charge is 0.431 e. The highest BCUT2D eigenvalue weighted by molar-refractivity contribution is 7.99. The van der Waals surface area contributed by atoms with Crippen molar-refractivity contribution in [2.45, 2.75) is 18.2 Å². The molecule has 0 bridgehead atoms. The number of fused-ring (bicyclic) bond motifs is 1. The van der Waals surface area contributed by atoms with Gasteiger partial charge in [0.15, 0.2) is 5.58 Å². The van der Waals surface area contributed by atoms with Gasteiger partial charge in [-0.15, -0.1) is 0 Å². The molecule has 0 fully saturated rings. The summed E-state index contributed by atoms with van der Waals surface area (Å²) in [7, 11) is 0. The van der Waals surface area contributed by atoms with Gasteiger partial charge in [-0.25, -0.2) is 4.98 Å². The van der Waals surface area contributed by atoms with Crippen LogP contribution < -0.4 is 5.73 Å². The first-order chi connectivity index (χ1) is 6.75. The first-order valence-corrected chi connectivity index (χ1v) is 5.48. The first kappa shape index (κ1) is 9.55. The minimum Gasteiger partial charge on any atom is -0.431 e. The molecule has 0 spiro atoms. The van der Waals surface area contributed by atoms with E-state index in [1.807, 2.05) is 31.2 Å².